The van der Waals surface area contributed by atoms with E-state index in [1.807, 2.05) is 18.2 Å². The van der Waals surface area contributed by atoms with Crippen LogP contribution in [0.3, 0.4) is 0 Å². The molecule has 0 heterocycles. The van der Waals surface area contributed by atoms with Gasteiger partial charge in [-0.3, -0.25) is 4.79 Å². The molecule has 0 aromatic heterocycles. The van der Waals surface area contributed by atoms with E-state index in [1.54, 1.807) is 0 Å². The van der Waals surface area contributed by atoms with E-state index in [1.165, 1.54) is 7.11 Å². The second-order valence-electron chi connectivity index (χ2n) is 2.80. The van der Waals surface area contributed by atoms with E-state index in [2.05, 4.69) is 36.6 Å². The predicted octanol–water partition coefficient (Wildman–Crippen LogP) is 3.06. The highest BCUT2D eigenvalue weighted by Gasteiger charge is 2.07. The zero-order valence-corrected chi connectivity index (χ0v) is 10.9. The van der Waals surface area contributed by atoms with Gasteiger partial charge in [0.05, 0.1) is 13.5 Å². The molecule has 0 saturated carbocycles. The number of rotatable bonds is 3. The van der Waals surface area contributed by atoms with Crippen LogP contribution in [-0.2, 0) is 21.3 Å². The molecule has 0 aliphatic rings. The van der Waals surface area contributed by atoms with Gasteiger partial charge in [0, 0.05) is 9.80 Å². The molecular weight excluding hydrogens is 312 g/mol. The molecule has 4 heteroatoms. The van der Waals surface area contributed by atoms with Crippen molar-refractivity contribution in [2.45, 2.75) is 11.8 Å². The third kappa shape index (κ3) is 3.10. The average molecular weight is 322 g/mol. The highest BCUT2D eigenvalue weighted by molar-refractivity contribution is 9.10. The molecule has 76 valence electrons. The number of hydrogen-bond acceptors (Lipinski definition) is 2. The second-order valence-corrected chi connectivity index (χ2v) is 4.28. The van der Waals surface area contributed by atoms with E-state index < -0.39 is 0 Å². The molecule has 1 aromatic carbocycles. The Morgan fingerprint density at radius 2 is 2.14 bits per heavy atom. The number of hydrogen-bond donors (Lipinski definition) is 0. The van der Waals surface area contributed by atoms with E-state index in [4.69, 9.17) is 0 Å². The minimum absolute atomic E-state index is 0.213. The normalized spacial score (nSPS) is 9.93. The molecular formula is C10H10Br2O2. The SMILES string of the molecule is COC(=O)Cc1ccc(Br)cc1CBr. The number of ether oxygens (including phenoxy) is 1. The van der Waals surface area contributed by atoms with Gasteiger partial charge in [-0.15, -0.1) is 0 Å². The van der Waals surface area contributed by atoms with Crippen LogP contribution >= 0.6 is 31.9 Å². The van der Waals surface area contributed by atoms with Crippen molar-refractivity contribution in [2.24, 2.45) is 0 Å². The van der Waals surface area contributed by atoms with Gasteiger partial charge in [0.25, 0.3) is 0 Å². The highest BCUT2D eigenvalue weighted by Crippen LogP contribution is 2.19. The number of halogens is 2. The number of carbonyl (C=O) groups excluding carboxylic acids is 1. The summed E-state index contributed by atoms with van der Waals surface area (Å²) in [4.78, 5) is 11.1. The van der Waals surface area contributed by atoms with Crippen molar-refractivity contribution >= 4 is 37.8 Å². The third-order valence-electron chi connectivity index (χ3n) is 1.87. The maximum Gasteiger partial charge on any atom is 0.309 e. The van der Waals surface area contributed by atoms with Crippen LogP contribution in [0.2, 0.25) is 0 Å². The molecule has 0 unspecified atom stereocenters. The molecule has 2 nitrogen and oxygen atoms in total. The largest absolute Gasteiger partial charge is 0.469 e. The van der Waals surface area contributed by atoms with Crippen molar-refractivity contribution < 1.29 is 9.53 Å². The molecule has 0 fully saturated rings. The van der Waals surface area contributed by atoms with Crippen LogP contribution < -0.4 is 0 Å². The zero-order valence-electron chi connectivity index (χ0n) is 7.72. The van der Waals surface area contributed by atoms with E-state index in [0.717, 1.165) is 20.9 Å². The van der Waals surface area contributed by atoms with Gasteiger partial charge in [-0.05, 0) is 23.3 Å². The Balaban J connectivity index is 2.90. The monoisotopic (exact) mass is 320 g/mol. The Bertz CT molecular complexity index is 337. The molecule has 0 atom stereocenters. The van der Waals surface area contributed by atoms with Gasteiger partial charge in [0.15, 0.2) is 0 Å². The Morgan fingerprint density at radius 1 is 1.43 bits per heavy atom. The maximum atomic E-state index is 11.1. The highest BCUT2D eigenvalue weighted by atomic mass is 79.9. The molecule has 1 aromatic rings. The number of alkyl halides is 1. The van der Waals surface area contributed by atoms with Gasteiger partial charge >= 0.3 is 5.97 Å². The van der Waals surface area contributed by atoms with Gasteiger partial charge in [-0.1, -0.05) is 37.9 Å². The van der Waals surface area contributed by atoms with Gasteiger partial charge in [-0.2, -0.15) is 0 Å². The number of methoxy groups -OCH3 is 1. The lowest BCUT2D eigenvalue weighted by atomic mass is 10.1. The molecule has 0 aliphatic carbocycles. The topological polar surface area (TPSA) is 26.3 Å². The van der Waals surface area contributed by atoms with Crippen LogP contribution in [0, 0.1) is 0 Å². The smallest absolute Gasteiger partial charge is 0.309 e. The van der Waals surface area contributed by atoms with Crippen LogP contribution in [0.1, 0.15) is 11.1 Å². The van der Waals surface area contributed by atoms with Crippen LogP contribution in [0.5, 0.6) is 0 Å². The zero-order chi connectivity index (χ0) is 10.6. The number of benzene rings is 1. The number of carbonyl (C=O) groups is 1. The Labute approximate surface area is 99.9 Å². The maximum absolute atomic E-state index is 11.1. The lowest BCUT2D eigenvalue weighted by Crippen LogP contribution is -2.06. The molecule has 0 bridgehead atoms. The fraction of sp³-hybridized carbons (Fsp3) is 0.300. The summed E-state index contributed by atoms with van der Waals surface area (Å²) in [5, 5.41) is 0.735. The van der Waals surface area contributed by atoms with Crippen molar-refractivity contribution in [1.82, 2.24) is 0 Å². The predicted molar refractivity (Wildman–Crippen MR) is 62.5 cm³/mol. The van der Waals surface area contributed by atoms with Crippen molar-refractivity contribution in [3.05, 3.63) is 33.8 Å². The van der Waals surface area contributed by atoms with Crippen LogP contribution in [0.15, 0.2) is 22.7 Å². The van der Waals surface area contributed by atoms with Crippen LogP contribution in [-0.4, -0.2) is 13.1 Å². The van der Waals surface area contributed by atoms with Crippen molar-refractivity contribution in [1.29, 1.82) is 0 Å². The van der Waals surface area contributed by atoms with Crippen molar-refractivity contribution in [3.8, 4) is 0 Å². The van der Waals surface area contributed by atoms with E-state index in [9.17, 15) is 4.79 Å². The average Bonchev–Trinajstić information content (AvgIpc) is 2.20. The summed E-state index contributed by atoms with van der Waals surface area (Å²) in [5.41, 5.74) is 2.10. The molecule has 0 N–H and O–H groups in total. The summed E-state index contributed by atoms with van der Waals surface area (Å²) < 4.78 is 5.63. The third-order valence-corrected chi connectivity index (χ3v) is 2.97. The second kappa shape index (κ2) is 5.51. The standard InChI is InChI=1S/C10H10Br2O2/c1-14-10(13)5-7-2-3-9(12)4-8(7)6-11/h2-4H,5-6H2,1H3. The molecule has 14 heavy (non-hydrogen) atoms. The molecule has 0 saturated heterocycles. The Kier molecular flexibility index (Phi) is 4.62. The molecule has 0 radical (unpaired) electrons. The summed E-state index contributed by atoms with van der Waals surface area (Å²) in [5.74, 6) is -0.213. The van der Waals surface area contributed by atoms with Gasteiger partial charge in [-0.25, -0.2) is 0 Å². The summed E-state index contributed by atoms with van der Waals surface area (Å²) >= 11 is 6.76. The van der Waals surface area contributed by atoms with Crippen molar-refractivity contribution in [3.63, 3.8) is 0 Å². The summed E-state index contributed by atoms with van der Waals surface area (Å²) in [7, 11) is 1.40. The lowest BCUT2D eigenvalue weighted by molar-refractivity contribution is -0.139. The van der Waals surface area contributed by atoms with Gasteiger partial charge in [0.2, 0.25) is 0 Å². The van der Waals surface area contributed by atoms with E-state index in [0.29, 0.717) is 6.42 Å². The first-order chi connectivity index (χ1) is 6.67. The first kappa shape index (κ1) is 11.7. The molecule has 0 spiro atoms. The van der Waals surface area contributed by atoms with E-state index in [-0.39, 0.29) is 5.97 Å². The van der Waals surface area contributed by atoms with E-state index >= 15 is 0 Å². The Morgan fingerprint density at radius 3 is 2.71 bits per heavy atom. The Hall–Kier alpha value is -0.350. The first-order valence-electron chi connectivity index (χ1n) is 4.07. The molecule has 0 aliphatic heterocycles. The lowest BCUT2D eigenvalue weighted by Gasteiger charge is -2.06. The number of esters is 1. The van der Waals surface area contributed by atoms with Gasteiger partial charge in [0.1, 0.15) is 0 Å². The van der Waals surface area contributed by atoms with Gasteiger partial charge < -0.3 is 4.74 Å². The minimum Gasteiger partial charge on any atom is -0.469 e. The summed E-state index contributed by atoms with van der Waals surface area (Å²) in [6, 6.07) is 5.84. The fourth-order valence-corrected chi connectivity index (χ4v) is 2.05. The molecule has 1 rings (SSSR count). The summed E-state index contributed by atoms with van der Waals surface area (Å²) in [6.45, 7) is 0. The van der Waals surface area contributed by atoms with Crippen molar-refractivity contribution in [2.75, 3.05) is 7.11 Å². The summed E-state index contributed by atoms with van der Waals surface area (Å²) in [6.07, 6.45) is 0.324. The quantitative estimate of drug-likeness (QED) is 0.632. The minimum atomic E-state index is -0.213. The van der Waals surface area contributed by atoms with Crippen LogP contribution in [0.4, 0.5) is 0 Å². The molecule has 0 amide bonds. The first-order valence-corrected chi connectivity index (χ1v) is 5.99. The van der Waals surface area contributed by atoms with Crippen LogP contribution in [0.25, 0.3) is 0 Å². The fourth-order valence-electron chi connectivity index (χ4n) is 1.12.